The zero-order valence-electron chi connectivity index (χ0n) is 11.3. The Kier molecular flexibility index (Phi) is 4.18. The molecule has 0 saturated heterocycles. The number of amides is 1. The van der Waals surface area contributed by atoms with Crippen molar-refractivity contribution in [2.45, 2.75) is 6.54 Å². The van der Waals surface area contributed by atoms with E-state index >= 15 is 0 Å². The highest BCUT2D eigenvalue weighted by Crippen LogP contribution is 2.22. The lowest BCUT2D eigenvalue weighted by atomic mass is 10.2. The Morgan fingerprint density at radius 1 is 1.27 bits per heavy atom. The van der Waals surface area contributed by atoms with Crippen LogP contribution in [0.5, 0.6) is 0 Å². The van der Waals surface area contributed by atoms with E-state index in [2.05, 4.69) is 10.4 Å². The van der Waals surface area contributed by atoms with E-state index < -0.39 is 0 Å². The second-order valence-corrected chi connectivity index (χ2v) is 5.42. The number of anilines is 1. The molecule has 0 saturated carbocycles. The number of carbonyl (C=O) groups excluding carboxylic acids is 1. The van der Waals surface area contributed by atoms with Crippen molar-refractivity contribution in [2.75, 3.05) is 5.32 Å². The van der Waals surface area contributed by atoms with Gasteiger partial charge in [0.2, 0.25) is 0 Å². The molecule has 7 heteroatoms. The maximum absolute atomic E-state index is 12.0. The largest absolute Gasteiger partial charge is 0.472 e. The number of hydrogen-bond donors (Lipinski definition) is 1. The van der Waals surface area contributed by atoms with Crippen molar-refractivity contribution in [3.8, 4) is 0 Å². The fraction of sp³-hybridized carbons (Fsp3) is 0.0667. The van der Waals surface area contributed by atoms with Crippen molar-refractivity contribution >= 4 is 34.9 Å². The van der Waals surface area contributed by atoms with E-state index in [4.69, 9.17) is 27.6 Å². The highest BCUT2D eigenvalue weighted by Gasteiger charge is 2.12. The van der Waals surface area contributed by atoms with Crippen LogP contribution in [-0.4, -0.2) is 15.7 Å². The maximum Gasteiger partial charge on any atom is 0.260 e. The number of nitrogens with one attached hydrogen (secondary N) is 1. The molecule has 1 amide bonds. The Balaban J connectivity index is 1.79. The van der Waals surface area contributed by atoms with Crippen LogP contribution in [0, 0.1) is 0 Å². The minimum Gasteiger partial charge on any atom is -0.472 e. The molecular weight excluding hydrogens is 325 g/mol. The van der Waals surface area contributed by atoms with Crippen LogP contribution in [0.25, 0.3) is 0 Å². The van der Waals surface area contributed by atoms with Gasteiger partial charge in [-0.15, -0.1) is 0 Å². The number of benzene rings is 1. The molecule has 2 heterocycles. The average molecular weight is 336 g/mol. The first-order valence-corrected chi connectivity index (χ1v) is 7.18. The van der Waals surface area contributed by atoms with Crippen LogP contribution in [0.3, 0.4) is 0 Å². The molecule has 1 N–H and O–H groups in total. The minimum absolute atomic E-state index is 0.266. The van der Waals surface area contributed by atoms with Crippen molar-refractivity contribution < 1.29 is 9.21 Å². The molecule has 22 heavy (non-hydrogen) atoms. The molecule has 0 bridgehead atoms. The molecule has 1 aromatic carbocycles. The monoisotopic (exact) mass is 335 g/mol. The Morgan fingerprint density at radius 3 is 2.86 bits per heavy atom. The molecule has 0 atom stereocenters. The molecule has 2 aromatic heterocycles. The Morgan fingerprint density at radius 2 is 2.14 bits per heavy atom. The van der Waals surface area contributed by atoms with Gasteiger partial charge in [0.05, 0.1) is 24.6 Å². The van der Waals surface area contributed by atoms with Gasteiger partial charge < -0.3 is 9.73 Å². The van der Waals surface area contributed by atoms with Crippen LogP contribution in [-0.2, 0) is 6.54 Å². The van der Waals surface area contributed by atoms with Gasteiger partial charge in [0.25, 0.3) is 5.91 Å². The number of nitrogens with zero attached hydrogens (tertiary/aromatic N) is 2. The standard InChI is InChI=1S/C15H11Cl2N3O2/c16-12-2-1-10(13(17)7-12)8-20-14(3-5-18-20)19-15(21)11-4-6-22-9-11/h1-7,9H,8H2,(H,19,21). The first-order chi connectivity index (χ1) is 10.6. The molecule has 5 nitrogen and oxygen atoms in total. The molecule has 0 spiro atoms. The van der Waals surface area contributed by atoms with Gasteiger partial charge in [-0.05, 0) is 23.8 Å². The Hall–Kier alpha value is -2.24. The molecule has 3 aromatic rings. The SMILES string of the molecule is O=C(Nc1ccnn1Cc1ccc(Cl)cc1Cl)c1ccoc1. The Bertz CT molecular complexity index is 797. The average Bonchev–Trinajstić information content (AvgIpc) is 3.14. The van der Waals surface area contributed by atoms with Crippen molar-refractivity contribution in [1.82, 2.24) is 9.78 Å². The normalized spacial score (nSPS) is 10.6. The van der Waals surface area contributed by atoms with Gasteiger partial charge in [0.15, 0.2) is 0 Å². The van der Waals surface area contributed by atoms with E-state index in [0.717, 1.165) is 5.56 Å². The molecule has 112 valence electrons. The smallest absolute Gasteiger partial charge is 0.260 e. The number of hydrogen-bond acceptors (Lipinski definition) is 3. The zero-order valence-corrected chi connectivity index (χ0v) is 12.8. The third-order valence-corrected chi connectivity index (χ3v) is 3.66. The van der Waals surface area contributed by atoms with Gasteiger partial charge in [-0.3, -0.25) is 4.79 Å². The number of carbonyl (C=O) groups is 1. The molecule has 3 rings (SSSR count). The summed E-state index contributed by atoms with van der Waals surface area (Å²) in [4.78, 5) is 12.0. The van der Waals surface area contributed by atoms with Crippen LogP contribution in [0.15, 0.2) is 53.5 Å². The minimum atomic E-state index is -0.266. The summed E-state index contributed by atoms with van der Waals surface area (Å²) in [5.74, 6) is 0.301. The van der Waals surface area contributed by atoms with Gasteiger partial charge in [-0.1, -0.05) is 29.3 Å². The summed E-state index contributed by atoms with van der Waals surface area (Å²) in [6.07, 6.45) is 4.43. The number of rotatable bonds is 4. The molecule has 0 aliphatic rings. The van der Waals surface area contributed by atoms with Crippen molar-refractivity contribution in [3.63, 3.8) is 0 Å². The van der Waals surface area contributed by atoms with E-state index in [9.17, 15) is 4.79 Å². The lowest BCUT2D eigenvalue weighted by molar-refractivity contribution is 0.102. The van der Waals surface area contributed by atoms with E-state index in [-0.39, 0.29) is 5.91 Å². The van der Waals surface area contributed by atoms with Gasteiger partial charge >= 0.3 is 0 Å². The molecule has 0 aliphatic heterocycles. The summed E-state index contributed by atoms with van der Waals surface area (Å²) in [6, 6.07) is 8.56. The summed E-state index contributed by atoms with van der Waals surface area (Å²) in [6.45, 7) is 0.421. The molecule has 0 radical (unpaired) electrons. The van der Waals surface area contributed by atoms with E-state index in [0.29, 0.717) is 28.0 Å². The van der Waals surface area contributed by atoms with Gasteiger partial charge in [-0.25, -0.2) is 4.68 Å². The summed E-state index contributed by atoms with van der Waals surface area (Å²) in [7, 11) is 0. The predicted molar refractivity (Wildman–Crippen MR) is 84.5 cm³/mol. The second-order valence-electron chi connectivity index (χ2n) is 4.58. The highest BCUT2D eigenvalue weighted by molar-refractivity contribution is 6.35. The fourth-order valence-electron chi connectivity index (χ4n) is 1.96. The topological polar surface area (TPSA) is 60.1 Å². The second kappa shape index (κ2) is 6.25. The molecule has 0 unspecified atom stereocenters. The van der Waals surface area contributed by atoms with Crippen LogP contribution in [0.1, 0.15) is 15.9 Å². The maximum atomic E-state index is 12.0. The summed E-state index contributed by atoms with van der Waals surface area (Å²) >= 11 is 12.0. The van der Waals surface area contributed by atoms with E-state index in [1.54, 1.807) is 35.1 Å². The van der Waals surface area contributed by atoms with Gasteiger partial charge in [0.1, 0.15) is 12.1 Å². The third-order valence-electron chi connectivity index (χ3n) is 3.08. The Labute approximate surface area is 136 Å². The zero-order chi connectivity index (χ0) is 15.5. The summed E-state index contributed by atoms with van der Waals surface area (Å²) < 4.78 is 6.54. The predicted octanol–water partition coefficient (Wildman–Crippen LogP) is 4.08. The van der Waals surface area contributed by atoms with Crippen LogP contribution < -0.4 is 5.32 Å². The lowest BCUT2D eigenvalue weighted by Crippen LogP contribution is -2.15. The summed E-state index contributed by atoms with van der Waals surface area (Å²) in [5.41, 5.74) is 1.30. The quantitative estimate of drug-likeness (QED) is 0.781. The van der Waals surface area contributed by atoms with Crippen molar-refractivity contribution in [3.05, 3.63) is 70.2 Å². The molecular formula is C15H11Cl2N3O2. The number of furan rings is 1. The molecule has 0 aliphatic carbocycles. The summed E-state index contributed by atoms with van der Waals surface area (Å²) in [5, 5.41) is 8.10. The van der Waals surface area contributed by atoms with E-state index in [1.807, 2.05) is 6.07 Å². The highest BCUT2D eigenvalue weighted by atomic mass is 35.5. The van der Waals surface area contributed by atoms with Crippen molar-refractivity contribution in [2.24, 2.45) is 0 Å². The lowest BCUT2D eigenvalue weighted by Gasteiger charge is -2.10. The van der Waals surface area contributed by atoms with Crippen molar-refractivity contribution in [1.29, 1.82) is 0 Å². The first kappa shape index (κ1) is 14.7. The first-order valence-electron chi connectivity index (χ1n) is 6.43. The molecule has 0 fully saturated rings. The number of halogens is 2. The van der Waals surface area contributed by atoms with E-state index in [1.165, 1.54) is 12.5 Å². The van der Waals surface area contributed by atoms with Crippen LogP contribution >= 0.6 is 23.2 Å². The fourth-order valence-corrected chi connectivity index (χ4v) is 2.43. The van der Waals surface area contributed by atoms with Gasteiger partial charge in [0, 0.05) is 16.1 Å². The van der Waals surface area contributed by atoms with Crippen LogP contribution in [0.2, 0.25) is 10.0 Å². The van der Waals surface area contributed by atoms with Gasteiger partial charge in [-0.2, -0.15) is 5.10 Å². The third kappa shape index (κ3) is 3.16. The van der Waals surface area contributed by atoms with Crippen LogP contribution in [0.4, 0.5) is 5.82 Å². The number of aromatic nitrogens is 2.